The fourth-order valence-corrected chi connectivity index (χ4v) is 6.50. The van der Waals surface area contributed by atoms with E-state index >= 15 is 0 Å². The highest BCUT2D eigenvalue weighted by atomic mass is 32.2. The maximum absolute atomic E-state index is 10.5. The molecule has 8 heteroatoms. The van der Waals surface area contributed by atoms with Crippen molar-refractivity contribution >= 4 is 37.2 Å². The van der Waals surface area contributed by atoms with E-state index < -0.39 is 10.1 Å². The molecule has 4 heterocycles. The molecule has 6 rings (SSSR count). The molecule has 182 valence electrons. The van der Waals surface area contributed by atoms with Crippen LogP contribution in [0.4, 0.5) is 5.69 Å². The summed E-state index contributed by atoms with van der Waals surface area (Å²) in [5.41, 5.74) is 3.31. The lowest BCUT2D eigenvalue weighted by atomic mass is 10.0. The predicted octanol–water partition coefficient (Wildman–Crippen LogP) is 5.20. The van der Waals surface area contributed by atoms with E-state index in [-0.39, 0.29) is 4.90 Å². The Morgan fingerprint density at radius 2 is 1.63 bits per heavy atom. The largest absolute Gasteiger partial charge is 0.370 e. The summed E-state index contributed by atoms with van der Waals surface area (Å²) in [5, 5.41) is 1.31. The molecule has 1 N–H and O–H groups in total. The van der Waals surface area contributed by atoms with Crippen molar-refractivity contribution in [1.82, 2.24) is 9.88 Å². The maximum atomic E-state index is 10.5. The molecule has 2 fully saturated rings. The molecule has 0 amide bonds. The van der Waals surface area contributed by atoms with Crippen LogP contribution in [-0.4, -0.2) is 56.1 Å². The van der Waals surface area contributed by atoms with E-state index in [0.717, 1.165) is 23.1 Å². The third-order valence-corrected chi connectivity index (χ3v) is 8.79. The minimum atomic E-state index is -4.02. The van der Waals surface area contributed by atoms with Crippen LogP contribution < -0.4 is 4.90 Å². The maximum Gasteiger partial charge on any atom is 0.294 e. The third-order valence-electron chi connectivity index (χ3n) is 6.78. The van der Waals surface area contributed by atoms with Crippen molar-refractivity contribution < 1.29 is 13.0 Å². The molecule has 0 saturated carbocycles. The molecule has 2 aromatic heterocycles. The van der Waals surface area contributed by atoms with Gasteiger partial charge in [-0.1, -0.05) is 35.9 Å². The van der Waals surface area contributed by atoms with Crippen LogP contribution >= 0.6 is 11.3 Å². The average molecular weight is 508 g/mol. The second kappa shape index (κ2) is 9.70. The number of thiophene rings is 1. The molecule has 2 aliphatic rings. The van der Waals surface area contributed by atoms with Gasteiger partial charge in [0.2, 0.25) is 0 Å². The molecule has 2 saturated heterocycles. The average Bonchev–Trinajstić information content (AvgIpc) is 3.52. The number of hydrogen-bond donors (Lipinski definition) is 1. The smallest absolute Gasteiger partial charge is 0.294 e. The van der Waals surface area contributed by atoms with Gasteiger partial charge in [-0.25, -0.2) is 0 Å². The van der Waals surface area contributed by atoms with Crippen molar-refractivity contribution in [3.05, 3.63) is 78.5 Å². The Morgan fingerprint density at radius 3 is 2.23 bits per heavy atom. The van der Waals surface area contributed by atoms with Crippen molar-refractivity contribution in [3.8, 4) is 10.6 Å². The van der Waals surface area contributed by atoms with Crippen molar-refractivity contribution in [3.63, 3.8) is 0 Å². The predicted molar refractivity (Wildman–Crippen MR) is 143 cm³/mol. The fourth-order valence-electron chi connectivity index (χ4n) is 4.98. The van der Waals surface area contributed by atoms with E-state index in [1.165, 1.54) is 59.0 Å². The summed E-state index contributed by atoms with van der Waals surface area (Å²) >= 11 is 1.82. The third kappa shape index (κ3) is 5.41. The topological polar surface area (TPSA) is 73.7 Å². The molecule has 4 aromatic rings. The van der Waals surface area contributed by atoms with Crippen LogP contribution in [0.3, 0.4) is 0 Å². The number of hydrogen-bond acceptors (Lipinski definition) is 6. The summed E-state index contributed by atoms with van der Waals surface area (Å²) in [6.45, 7) is 6.69. The molecular formula is C27H29N3O3S2. The highest BCUT2D eigenvalue weighted by Crippen LogP contribution is 2.35. The lowest BCUT2D eigenvalue weighted by Crippen LogP contribution is -2.26. The highest BCUT2D eigenvalue weighted by molar-refractivity contribution is 7.85. The zero-order valence-electron chi connectivity index (χ0n) is 19.8. The fraction of sp³-hybridized carbons (Fsp3) is 0.296. The normalized spacial score (nSPS) is 20.0. The SMILES string of the molecule is CN1CC2CN(c3ccc(-c4cc5ccccc5s4)nc3)CC2C1.Cc1ccc(S(=O)(=O)O)cc1. The lowest BCUT2D eigenvalue weighted by Gasteiger charge is -2.21. The molecule has 0 spiro atoms. The number of benzene rings is 2. The number of fused-ring (bicyclic) bond motifs is 2. The zero-order chi connectivity index (χ0) is 24.6. The van der Waals surface area contributed by atoms with Gasteiger partial charge in [0, 0.05) is 30.9 Å². The number of aryl methyl sites for hydroxylation is 1. The molecule has 2 atom stereocenters. The molecule has 6 nitrogen and oxygen atoms in total. The quantitative estimate of drug-likeness (QED) is 0.384. The molecule has 35 heavy (non-hydrogen) atoms. The minimum absolute atomic E-state index is 0.0666. The van der Waals surface area contributed by atoms with Crippen LogP contribution in [0.5, 0.6) is 0 Å². The Labute approximate surface area is 210 Å². The van der Waals surface area contributed by atoms with E-state index in [1.807, 2.05) is 18.3 Å². The van der Waals surface area contributed by atoms with Gasteiger partial charge in [0.15, 0.2) is 0 Å². The van der Waals surface area contributed by atoms with Crippen LogP contribution in [0.2, 0.25) is 0 Å². The first kappa shape index (κ1) is 23.9. The first-order chi connectivity index (χ1) is 16.8. The molecule has 0 aliphatic carbocycles. The standard InChI is InChI=1S/C20H21N3S.C7H8O3S/c1-22-10-15-12-23(13-16(15)11-22)17-6-7-18(21-9-17)20-8-14-4-2-3-5-19(14)24-20;1-6-2-4-7(5-3-6)11(8,9)10/h2-9,15-16H,10-13H2,1H3;2-5H,1H3,(H,8,9,10). The second-order valence-electron chi connectivity index (χ2n) is 9.48. The van der Waals surface area contributed by atoms with E-state index in [1.54, 1.807) is 12.1 Å². The van der Waals surface area contributed by atoms with Crippen LogP contribution in [0.25, 0.3) is 20.7 Å². The molecular weight excluding hydrogens is 478 g/mol. The van der Waals surface area contributed by atoms with Crippen molar-refractivity contribution in [1.29, 1.82) is 0 Å². The number of pyridine rings is 1. The minimum Gasteiger partial charge on any atom is -0.370 e. The molecule has 2 unspecified atom stereocenters. The Bertz CT molecular complexity index is 1370. The zero-order valence-corrected chi connectivity index (χ0v) is 21.5. The van der Waals surface area contributed by atoms with E-state index in [0.29, 0.717) is 0 Å². The van der Waals surface area contributed by atoms with E-state index in [4.69, 9.17) is 9.54 Å². The number of likely N-dealkylation sites (tertiary alicyclic amines) is 1. The van der Waals surface area contributed by atoms with Crippen LogP contribution in [0.1, 0.15) is 5.56 Å². The van der Waals surface area contributed by atoms with Gasteiger partial charge >= 0.3 is 0 Å². The van der Waals surface area contributed by atoms with Gasteiger partial charge < -0.3 is 9.80 Å². The molecule has 0 bridgehead atoms. The number of nitrogens with zero attached hydrogens (tertiary/aromatic N) is 3. The first-order valence-electron chi connectivity index (χ1n) is 11.7. The van der Waals surface area contributed by atoms with Crippen LogP contribution in [0, 0.1) is 18.8 Å². The van der Waals surface area contributed by atoms with Gasteiger partial charge in [-0.05, 0) is 67.6 Å². The summed E-state index contributed by atoms with van der Waals surface area (Å²) in [7, 11) is -1.78. The van der Waals surface area contributed by atoms with Gasteiger partial charge in [0.05, 0.1) is 27.4 Å². The molecule has 2 aromatic carbocycles. The lowest BCUT2D eigenvalue weighted by molar-refractivity contribution is 0.387. The van der Waals surface area contributed by atoms with Gasteiger partial charge in [-0.15, -0.1) is 11.3 Å². The monoisotopic (exact) mass is 507 g/mol. The second-order valence-corrected chi connectivity index (χ2v) is 12.0. The van der Waals surface area contributed by atoms with E-state index in [2.05, 4.69) is 65.5 Å². The Kier molecular flexibility index (Phi) is 6.63. The van der Waals surface area contributed by atoms with Crippen molar-refractivity contribution in [2.75, 3.05) is 38.1 Å². The summed E-state index contributed by atoms with van der Waals surface area (Å²) in [6, 6.07) is 21.2. The number of rotatable bonds is 3. The van der Waals surface area contributed by atoms with Crippen molar-refractivity contribution in [2.45, 2.75) is 11.8 Å². The summed E-state index contributed by atoms with van der Waals surface area (Å²) in [4.78, 5) is 10.9. The van der Waals surface area contributed by atoms with Gasteiger partial charge in [-0.2, -0.15) is 8.42 Å². The number of anilines is 1. The van der Waals surface area contributed by atoms with E-state index in [9.17, 15) is 8.42 Å². The van der Waals surface area contributed by atoms with Crippen molar-refractivity contribution in [2.24, 2.45) is 11.8 Å². The Morgan fingerprint density at radius 1 is 0.943 bits per heavy atom. The van der Waals surface area contributed by atoms with Crippen LogP contribution in [0.15, 0.2) is 77.8 Å². The number of aromatic nitrogens is 1. The first-order valence-corrected chi connectivity index (χ1v) is 13.9. The van der Waals surface area contributed by atoms with Gasteiger partial charge in [-0.3, -0.25) is 9.54 Å². The van der Waals surface area contributed by atoms with Gasteiger partial charge in [0.25, 0.3) is 10.1 Å². The summed E-state index contributed by atoms with van der Waals surface area (Å²) in [6.07, 6.45) is 2.06. The molecule has 0 radical (unpaired) electrons. The Balaban J connectivity index is 0.000000195. The van der Waals surface area contributed by atoms with Gasteiger partial charge in [0.1, 0.15) is 0 Å². The van der Waals surface area contributed by atoms with Crippen LogP contribution in [-0.2, 0) is 10.1 Å². The summed E-state index contributed by atoms with van der Waals surface area (Å²) < 4.78 is 30.9. The molecule has 2 aliphatic heterocycles. The highest BCUT2D eigenvalue weighted by Gasteiger charge is 2.38. The summed E-state index contributed by atoms with van der Waals surface area (Å²) in [5.74, 6) is 1.66. The Hall–Kier alpha value is -2.78.